The molecule has 0 aliphatic carbocycles. The largest absolute Gasteiger partial charge is 0.340 e. The van der Waals surface area contributed by atoms with Crippen LogP contribution < -0.4 is 5.73 Å². The smallest absolute Gasteiger partial charge is 0.227 e. The van der Waals surface area contributed by atoms with Crippen LogP contribution in [-0.4, -0.2) is 39.7 Å². The van der Waals surface area contributed by atoms with Gasteiger partial charge in [-0.2, -0.15) is 5.10 Å². The van der Waals surface area contributed by atoms with Gasteiger partial charge in [-0.05, 0) is 11.1 Å². The summed E-state index contributed by atoms with van der Waals surface area (Å²) in [6.45, 7) is 1.32. The number of aromatic nitrogens is 2. The monoisotopic (exact) mass is 356 g/mol. The van der Waals surface area contributed by atoms with Crippen molar-refractivity contribution in [2.75, 3.05) is 13.1 Å². The Balaban J connectivity index is 0.00000132. The summed E-state index contributed by atoms with van der Waals surface area (Å²) in [5.41, 5.74) is 8.38. The summed E-state index contributed by atoms with van der Waals surface area (Å²) < 4.78 is 1.71. The highest BCUT2D eigenvalue weighted by Gasteiger charge is 2.33. The molecule has 1 aromatic carbocycles. The lowest BCUT2D eigenvalue weighted by Crippen LogP contribution is -2.33. The minimum absolute atomic E-state index is 0. The van der Waals surface area contributed by atoms with Gasteiger partial charge in [0.2, 0.25) is 5.91 Å². The van der Waals surface area contributed by atoms with E-state index >= 15 is 0 Å². The van der Waals surface area contributed by atoms with Crippen LogP contribution in [0.3, 0.4) is 0 Å². The Labute approximate surface area is 148 Å². The van der Waals surface area contributed by atoms with Crippen molar-refractivity contribution in [1.29, 1.82) is 0 Å². The van der Waals surface area contributed by atoms with Crippen LogP contribution in [-0.2, 0) is 18.3 Å². The first-order valence-electron chi connectivity index (χ1n) is 7.19. The van der Waals surface area contributed by atoms with E-state index in [1.807, 2.05) is 36.3 Å². The number of nitrogens with two attached hydrogens (primary N) is 1. The number of hydrogen-bond donors (Lipinski definition) is 1. The van der Waals surface area contributed by atoms with Crippen molar-refractivity contribution in [2.24, 2.45) is 12.8 Å². The minimum atomic E-state index is 0. The molecule has 1 fully saturated rings. The fraction of sp³-hybridized carbons (Fsp3) is 0.375. The fourth-order valence-electron chi connectivity index (χ4n) is 2.94. The molecule has 2 aromatic rings. The fourth-order valence-corrected chi connectivity index (χ4v) is 2.94. The summed E-state index contributed by atoms with van der Waals surface area (Å²) in [6, 6.07) is 10.2. The van der Waals surface area contributed by atoms with Gasteiger partial charge in [0.1, 0.15) is 0 Å². The highest BCUT2D eigenvalue weighted by atomic mass is 35.5. The molecule has 1 amide bonds. The first kappa shape index (κ1) is 19.5. The van der Waals surface area contributed by atoms with Gasteiger partial charge >= 0.3 is 0 Å². The van der Waals surface area contributed by atoms with Crippen LogP contribution in [0.15, 0.2) is 42.7 Å². The Morgan fingerprint density at radius 2 is 1.96 bits per heavy atom. The van der Waals surface area contributed by atoms with E-state index in [4.69, 9.17) is 5.73 Å². The molecule has 126 valence electrons. The number of carbonyl (C=O) groups is 1. The van der Waals surface area contributed by atoms with E-state index in [0.717, 1.165) is 5.56 Å². The average molecular weight is 357 g/mol. The van der Waals surface area contributed by atoms with Crippen molar-refractivity contribution in [2.45, 2.75) is 18.4 Å². The van der Waals surface area contributed by atoms with E-state index in [2.05, 4.69) is 17.2 Å². The topological polar surface area (TPSA) is 64.2 Å². The van der Waals surface area contributed by atoms with Crippen LogP contribution in [0.25, 0.3) is 0 Å². The molecule has 7 heteroatoms. The number of rotatable bonds is 3. The molecule has 0 radical (unpaired) electrons. The minimum Gasteiger partial charge on any atom is -0.340 e. The summed E-state index contributed by atoms with van der Waals surface area (Å²) in [7, 11) is 1.85. The van der Waals surface area contributed by atoms with Crippen molar-refractivity contribution in [1.82, 2.24) is 14.7 Å². The van der Waals surface area contributed by atoms with Crippen LogP contribution >= 0.6 is 24.8 Å². The lowest BCUT2D eigenvalue weighted by Gasteiger charge is -2.16. The summed E-state index contributed by atoms with van der Waals surface area (Å²) in [4.78, 5) is 14.3. The number of nitrogens with zero attached hydrogens (tertiary/aromatic N) is 3. The molecule has 0 bridgehead atoms. The predicted molar refractivity (Wildman–Crippen MR) is 95.1 cm³/mol. The van der Waals surface area contributed by atoms with Gasteiger partial charge in [0, 0.05) is 38.3 Å². The molecule has 3 rings (SSSR count). The molecule has 1 saturated heterocycles. The second-order valence-corrected chi connectivity index (χ2v) is 5.68. The summed E-state index contributed by atoms with van der Waals surface area (Å²) in [6.07, 6.45) is 4.01. The number of benzene rings is 1. The molecule has 5 nitrogen and oxygen atoms in total. The van der Waals surface area contributed by atoms with E-state index < -0.39 is 0 Å². The second kappa shape index (κ2) is 8.34. The number of hydrogen-bond acceptors (Lipinski definition) is 3. The quantitative estimate of drug-likeness (QED) is 0.911. The summed E-state index contributed by atoms with van der Waals surface area (Å²) in [5.74, 6) is 0.348. The Bertz CT molecular complexity index is 632. The third kappa shape index (κ3) is 4.47. The van der Waals surface area contributed by atoms with Crippen LogP contribution in [0, 0.1) is 0 Å². The molecule has 2 N–H and O–H groups in total. The predicted octanol–water partition coefficient (Wildman–Crippen LogP) is 1.76. The first-order valence-corrected chi connectivity index (χ1v) is 7.19. The zero-order valence-corrected chi connectivity index (χ0v) is 14.6. The Kier molecular flexibility index (Phi) is 7.06. The van der Waals surface area contributed by atoms with Gasteiger partial charge in [0.25, 0.3) is 0 Å². The molecule has 2 atom stereocenters. The van der Waals surface area contributed by atoms with E-state index in [1.54, 1.807) is 10.9 Å². The van der Waals surface area contributed by atoms with Gasteiger partial charge in [-0.15, -0.1) is 24.8 Å². The van der Waals surface area contributed by atoms with E-state index in [-0.39, 0.29) is 42.7 Å². The maximum Gasteiger partial charge on any atom is 0.227 e. The number of aryl methyl sites for hydroxylation is 1. The molecule has 0 spiro atoms. The van der Waals surface area contributed by atoms with Crippen LogP contribution in [0.5, 0.6) is 0 Å². The molecule has 23 heavy (non-hydrogen) atoms. The maximum atomic E-state index is 12.4. The van der Waals surface area contributed by atoms with Crippen molar-refractivity contribution in [3.63, 3.8) is 0 Å². The number of amides is 1. The number of carbonyl (C=O) groups excluding carboxylic acids is 1. The van der Waals surface area contributed by atoms with Gasteiger partial charge in [-0.3, -0.25) is 9.48 Å². The molecular weight excluding hydrogens is 335 g/mol. The highest BCUT2D eigenvalue weighted by Crippen LogP contribution is 2.26. The lowest BCUT2D eigenvalue weighted by molar-refractivity contribution is -0.129. The SMILES string of the molecule is Cl.Cl.Cn1cc(CC(=O)N2C[C@@H](N)[C@H](c3ccccc3)C2)cn1. The van der Waals surface area contributed by atoms with Gasteiger partial charge < -0.3 is 10.6 Å². The van der Waals surface area contributed by atoms with Gasteiger partial charge in [-0.1, -0.05) is 30.3 Å². The first-order chi connectivity index (χ1) is 10.1. The average Bonchev–Trinajstić information content (AvgIpc) is 3.06. The van der Waals surface area contributed by atoms with Gasteiger partial charge in [0.05, 0.1) is 12.6 Å². The van der Waals surface area contributed by atoms with Gasteiger partial charge in [-0.25, -0.2) is 0 Å². The molecular formula is C16H22Cl2N4O. The maximum absolute atomic E-state index is 12.4. The molecule has 1 aromatic heterocycles. The molecule has 1 aliphatic heterocycles. The molecule has 1 aliphatic rings. The summed E-state index contributed by atoms with van der Waals surface area (Å²) in [5, 5.41) is 4.10. The number of halogens is 2. The molecule has 0 saturated carbocycles. The van der Waals surface area contributed by atoms with Crippen molar-refractivity contribution in [3.8, 4) is 0 Å². The Hall–Kier alpha value is -1.56. The van der Waals surface area contributed by atoms with Crippen LogP contribution in [0.2, 0.25) is 0 Å². The normalized spacial score (nSPS) is 19.8. The van der Waals surface area contributed by atoms with E-state index in [9.17, 15) is 4.79 Å². The molecule has 0 unspecified atom stereocenters. The van der Waals surface area contributed by atoms with Crippen LogP contribution in [0.4, 0.5) is 0 Å². The molecule has 2 heterocycles. The van der Waals surface area contributed by atoms with Crippen LogP contribution in [0.1, 0.15) is 17.0 Å². The van der Waals surface area contributed by atoms with Crippen molar-refractivity contribution < 1.29 is 4.79 Å². The van der Waals surface area contributed by atoms with Crippen molar-refractivity contribution in [3.05, 3.63) is 53.9 Å². The standard InChI is InChI=1S/C16H20N4O.2ClH/c1-19-9-12(8-18-19)7-16(21)20-10-14(15(17)11-20)13-5-3-2-4-6-13;;/h2-6,8-9,14-15H,7,10-11,17H2,1H3;2*1H/t14-,15+;;/m0../s1. The van der Waals surface area contributed by atoms with E-state index in [0.29, 0.717) is 19.5 Å². The Morgan fingerprint density at radius 3 is 2.57 bits per heavy atom. The van der Waals surface area contributed by atoms with Gasteiger partial charge in [0.15, 0.2) is 0 Å². The zero-order chi connectivity index (χ0) is 14.8. The van der Waals surface area contributed by atoms with E-state index in [1.165, 1.54) is 5.56 Å². The lowest BCUT2D eigenvalue weighted by atomic mass is 9.95. The third-order valence-corrected chi connectivity index (χ3v) is 4.06. The Morgan fingerprint density at radius 1 is 1.26 bits per heavy atom. The second-order valence-electron chi connectivity index (χ2n) is 5.68. The summed E-state index contributed by atoms with van der Waals surface area (Å²) >= 11 is 0. The zero-order valence-electron chi connectivity index (χ0n) is 13.0. The number of likely N-dealkylation sites (tertiary alicyclic amines) is 1. The highest BCUT2D eigenvalue weighted by molar-refractivity contribution is 5.85. The van der Waals surface area contributed by atoms with Crippen molar-refractivity contribution >= 4 is 30.7 Å². The third-order valence-electron chi connectivity index (χ3n) is 4.06.